The number of benzene rings is 1. The number of fused-ring (bicyclic) bond motifs is 1. The third kappa shape index (κ3) is 4.81. The summed E-state index contributed by atoms with van der Waals surface area (Å²) in [7, 11) is 0. The molecule has 0 spiro atoms. The Morgan fingerprint density at radius 3 is 2.66 bits per heavy atom. The summed E-state index contributed by atoms with van der Waals surface area (Å²) in [4.78, 5) is 32.0. The van der Waals surface area contributed by atoms with Crippen molar-refractivity contribution in [1.82, 2.24) is 14.4 Å². The topological polar surface area (TPSA) is 106 Å². The number of carbonyl (C=O) groups excluding carboxylic acids is 1. The van der Waals surface area contributed by atoms with Crippen LogP contribution in [0.5, 0.6) is 5.75 Å². The zero-order chi connectivity index (χ0) is 22.5. The first-order chi connectivity index (χ1) is 15.5. The molecule has 0 saturated carbocycles. The molecule has 0 radical (unpaired) electrons. The number of carboxylic acid groups (broad SMARTS) is 1. The van der Waals surface area contributed by atoms with Crippen molar-refractivity contribution in [1.29, 1.82) is 0 Å². The Kier molecular flexibility index (Phi) is 5.94. The SMILES string of the molecule is Cc1c(/C=C/C(=O)O)nc2ccc(NC(=O)c3ccc(OCc4ccccn4)cc3)cn12. The average Bonchev–Trinajstić information content (AvgIpc) is 3.12. The van der Waals surface area contributed by atoms with Crippen LogP contribution in [0.15, 0.2) is 73.1 Å². The molecule has 2 N–H and O–H groups in total. The van der Waals surface area contributed by atoms with Crippen LogP contribution in [-0.4, -0.2) is 31.4 Å². The fourth-order valence-corrected chi connectivity index (χ4v) is 3.11. The fraction of sp³-hybridized carbons (Fsp3) is 0.0833. The number of imidazole rings is 1. The van der Waals surface area contributed by atoms with Gasteiger partial charge in [0, 0.05) is 29.7 Å². The molecule has 0 unspecified atom stereocenters. The van der Waals surface area contributed by atoms with E-state index in [-0.39, 0.29) is 5.91 Å². The van der Waals surface area contributed by atoms with Gasteiger partial charge in [0.05, 0.1) is 17.1 Å². The second-order valence-corrected chi connectivity index (χ2v) is 6.99. The summed E-state index contributed by atoms with van der Waals surface area (Å²) >= 11 is 0. The van der Waals surface area contributed by atoms with Gasteiger partial charge in [-0.05, 0) is 61.5 Å². The lowest BCUT2D eigenvalue weighted by atomic mass is 10.2. The fourth-order valence-electron chi connectivity index (χ4n) is 3.11. The van der Waals surface area contributed by atoms with E-state index in [1.165, 1.54) is 6.08 Å². The van der Waals surface area contributed by atoms with Crippen LogP contribution in [0.4, 0.5) is 5.69 Å². The van der Waals surface area contributed by atoms with E-state index in [9.17, 15) is 9.59 Å². The highest BCUT2D eigenvalue weighted by atomic mass is 16.5. The molecule has 0 aliphatic rings. The monoisotopic (exact) mass is 428 g/mol. The van der Waals surface area contributed by atoms with Crippen LogP contribution >= 0.6 is 0 Å². The molecule has 1 amide bonds. The summed E-state index contributed by atoms with van der Waals surface area (Å²) in [5, 5.41) is 11.7. The van der Waals surface area contributed by atoms with Crippen molar-refractivity contribution < 1.29 is 19.4 Å². The number of amides is 1. The second kappa shape index (κ2) is 9.13. The van der Waals surface area contributed by atoms with Gasteiger partial charge in [-0.1, -0.05) is 6.07 Å². The predicted octanol–water partition coefficient (Wildman–Crippen LogP) is 3.97. The van der Waals surface area contributed by atoms with Crippen molar-refractivity contribution in [3.8, 4) is 5.75 Å². The normalized spacial score (nSPS) is 11.0. The van der Waals surface area contributed by atoms with Crippen LogP contribution in [0.2, 0.25) is 0 Å². The minimum atomic E-state index is -1.04. The van der Waals surface area contributed by atoms with Crippen LogP contribution in [0, 0.1) is 6.92 Å². The van der Waals surface area contributed by atoms with E-state index in [2.05, 4.69) is 15.3 Å². The van der Waals surface area contributed by atoms with Gasteiger partial charge in [0.2, 0.25) is 0 Å². The third-order valence-corrected chi connectivity index (χ3v) is 4.77. The molecule has 0 fully saturated rings. The number of hydrogen-bond acceptors (Lipinski definition) is 5. The summed E-state index contributed by atoms with van der Waals surface area (Å²) in [6.45, 7) is 2.18. The number of hydrogen-bond donors (Lipinski definition) is 2. The number of rotatable bonds is 7. The Labute approximate surface area is 183 Å². The number of pyridine rings is 2. The molecular formula is C24H20N4O4. The molecule has 4 rings (SSSR count). The molecule has 0 aliphatic carbocycles. The predicted molar refractivity (Wildman–Crippen MR) is 120 cm³/mol. The van der Waals surface area contributed by atoms with Gasteiger partial charge in [0.1, 0.15) is 18.0 Å². The zero-order valence-corrected chi connectivity index (χ0v) is 17.2. The maximum absolute atomic E-state index is 12.6. The van der Waals surface area contributed by atoms with Crippen molar-refractivity contribution in [2.45, 2.75) is 13.5 Å². The lowest BCUT2D eigenvalue weighted by Gasteiger charge is -2.08. The van der Waals surface area contributed by atoms with Crippen molar-refractivity contribution in [3.63, 3.8) is 0 Å². The largest absolute Gasteiger partial charge is 0.487 e. The zero-order valence-electron chi connectivity index (χ0n) is 17.2. The lowest BCUT2D eigenvalue weighted by Crippen LogP contribution is -2.12. The molecule has 0 aliphatic heterocycles. The quantitative estimate of drug-likeness (QED) is 0.432. The number of nitrogens with zero attached hydrogens (tertiary/aromatic N) is 3. The van der Waals surface area contributed by atoms with Crippen molar-refractivity contribution in [2.75, 3.05) is 5.32 Å². The molecule has 0 saturated heterocycles. The average molecular weight is 428 g/mol. The molecule has 160 valence electrons. The number of carbonyl (C=O) groups is 2. The molecule has 0 bridgehead atoms. The summed E-state index contributed by atoms with van der Waals surface area (Å²) in [6, 6.07) is 16.0. The Morgan fingerprint density at radius 1 is 1.12 bits per heavy atom. The standard InChI is InChI=1S/C24H20N4O4/c1-16-21(10-12-23(29)30)27-22-11-7-18(14-28(16)22)26-24(31)17-5-8-20(9-6-17)32-15-19-4-2-3-13-25-19/h2-14H,15H2,1H3,(H,26,31)(H,29,30)/b12-10+. The molecule has 8 heteroatoms. The molecule has 8 nitrogen and oxygen atoms in total. The number of ether oxygens (including phenoxy) is 1. The smallest absolute Gasteiger partial charge is 0.328 e. The minimum absolute atomic E-state index is 0.260. The van der Waals surface area contributed by atoms with E-state index in [4.69, 9.17) is 9.84 Å². The van der Waals surface area contributed by atoms with Crippen LogP contribution in [-0.2, 0) is 11.4 Å². The number of aliphatic carboxylic acids is 1. The van der Waals surface area contributed by atoms with E-state index < -0.39 is 5.97 Å². The van der Waals surface area contributed by atoms with E-state index in [0.29, 0.717) is 34.9 Å². The molecule has 3 aromatic heterocycles. The minimum Gasteiger partial charge on any atom is -0.487 e. The first-order valence-electron chi connectivity index (χ1n) is 9.83. The van der Waals surface area contributed by atoms with Gasteiger partial charge >= 0.3 is 5.97 Å². The highest BCUT2D eigenvalue weighted by Crippen LogP contribution is 2.19. The van der Waals surface area contributed by atoms with Crippen LogP contribution in [0.3, 0.4) is 0 Å². The first kappa shape index (κ1) is 20.8. The number of carboxylic acids is 1. The van der Waals surface area contributed by atoms with Gasteiger partial charge in [0.15, 0.2) is 0 Å². The van der Waals surface area contributed by atoms with Gasteiger partial charge in [-0.3, -0.25) is 9.78 Å². The summed E-state index contributed by atoms with van der Waals surface area (Å²) < 4.78 is 7.49. The highest BCUT2D eigenvalue weighted by Gasteiger charge is 2.10. The lowest BCUT2D eigenvalue weighted by molar-refractivity contribution is -0.131. The number of nitrogens with one attached hydrogen (secondary N) is 1. The third-order valence-electron chi connectivity index (χ3n) is 4.77. The summed E-state index contributed by atoms with van der Waals surface area (Å²) in [6.07, 6.45) is 5.95. The Morgan fingerprint density at radius 2 is 1.94 bits per heavy atom. The number of aryl methyl sites for hydroxylation is 1. The summed E-state index contributed by atoms with van der Waals surface area (Å²) in [5.74, 6) is -0.656. The van der Waals surface area contributed by atoms with E-state index in [1.54, 1.807) is 53.2 Å². The Hall–Kier alpha value is -4.46. The molecule has 1 aromatic carbocycles. The van der Waals surface area contributed by atoms with Crippen molar-refractivity contribution in [2.24, 2.45) is 0 Å². The molecule has 3 heterocycles. The first-order valence-corrected chi connectivity index (χ1v) is 9.83. The Bertz CT molecular complexity index is 1300. The van der Waals surface area contributed by atoms with Gasteiger partial charge in [-0.25, -0.2) is 9.78 Å². The van der Waals surface area contributed by atoms with Gasteiger partial charge in [-0.2, -0.15) is 0 Å². The highest BCUT2D eigenvalue weighted by molar-refractivity contribution is 6.04. The second-order valence-electron chi connectivity index (χ2n) is 6.99. The van der Waals surface area contributed by atoms with Gasteiger partial charge < -0.3 is 19.6 Å². The van der Waals surface area contributed by atoms with Crippen molar-refractivity contribution >= 4 is 29.3 Å². The van der Waals surface area contributed by atoms with Crippen LogP contribution < -0.4 is 10.1 Å². The van der Waals surface area contributed by atoms with Crippen LogP contribution in [0.25, 0.3) is 11.7 Å². The van der Waals surface area contributed by atoms with E-state index >= 15 is 0 Å². The van der Waals surface area contributed by atoms with Crippen molar-refractivity contribution in [3.05, 3.63) is 95.7 Å². The summed E-state index contributed by atoms with van der Waals surface area (Å²) in [5.41, 5.74) is 3.87. The van der Waals surface area contributed by atoms with Gasteiger partial charge in [0.25, 0.3) is 5.91 Å². The Balaban J connectivity index is 1.43. The molecule has 4 aromatic rings. The molecule has 32 heavy (non-hydrogen) atoms. The van der Waals surface area contributed by atoms with E-state index in [0.717, 1.165) is 17.5 Å². The maximum Gasteiger partial charge on any atom is 0.328 e. The number of aromatic nitrogens is 3. The number of anilines is 1. The van der Waals surface area contributed by atoms with E-state index in [1.807, 2.05) is 25.1 Å². The van der Waals surface area contributed by atoms with Gasteiger partial charge in [-0.15, -0.1) is 0 Å². The van der Waals surface area contributed by atoms with Crippen LogP contribution in [0.1, 0.15) is 27.4 Å². The molecular weight excluding hydrogens is 408 g/mol. The molecule has 0 atom stereocenters. The maximum atomic E-state index is 12.6.